The second-order valence-electron chi connectivity index (χ2n) is 8.36. The normalized spacial score (nSPS) is 12.0. The lowest BCUT2D eigenvalue weighted by atomic mass is 10.1. The maximum absolute atomic E-state index is 13.8. The van der Waals surface area contributed by atoms with Crippen LogP contribution in [0.3, 0.4) is 0 Å². The minimum atomic E-state index is -4.14. The van der Waals surface area contributed by atoms with Crippen LogP contribution in [0.2, 0.25) is 0 Å². The molecule has 186 valence electrons. The largest absolute Gasteiger partial charge is 0.497 e. The predicted octanol–water partition coefficient (Wildman–Crippen LogP) is 4.35. The molecule has 0 unspecified atom stereocenters. The first-order valence-electron chi connectivity index (χ1n) is 11.4. The van der Waals surface area contributed by atoms with Gasteiger partial charge in [-0.05, 0) is 62.1 Å². The fraction of sp³-hybridized carbons (Fsp3) is 0.296. The third-order valence-corrected chi connectivity index (χ3v) is 7.43. The molecular formula is C27H32N2O5S. The number of hydrogen-bond donors (Lipinski definition) is 1. The first-order valence-corrected chi connectivity index (χ1v) is 12.8. The van der Waals surface area contributed by atoms with E-state index in [0.717, 1.165) is 22.7 Å². The van der Waals surface area contributed by atoms with Crippen molar-refractivity contribution in [3.05, 3.63) is 83.9 Å². The van der Waals surface area contributed by atoms with Gasteiger partial charge in [-0.3, -0.25) is 9.10 Å². The summed E-state index contributed by atoms with van der Waals surface area (Å²) in [5.41, 5.74) is 2.26. The van der Waals surface area contributed by atoms with Crippen LogP contribution in [0, 0.1) is 6.92 Å². The number of benzene rings is 3. The number of hydrogen-bond acceptors (Lipinski definition) is 5. The Balaban J connectivity index is 1.86. The summed E-state index contributed by atoms with van der Waals surface area (Å²) in [6.07, 6.45) is 1.54. The van der Waals surface area contributed by atoms with E-state index in [1.165, 1.54) is 19.8 Å². The van der Waals surface area contributed by atoms with Crippen LogP contribution in [0.15, 0.2) is 77.7 Å². The van der Waals surface area contributed by atoms with Crippen LogP contribution in [0.1, 0.15) is 24.5 Å². The van der Waals surface area contributed by atoms with Crippen LogP contribution in [-0.4, -0.2) is 41.1 Å². The summed E-state index contributed by atoms with van der Waals surface area (Å²) in [5, 5.41) is 2.93. The molecule has 1 atom stereocenters. The minimum absolute atomic E-state index is 0.00672. The number of sulfonamides is 1. The standard InChI is InChI=1S/C27H32N2O5S/c1-20-13-16-25(34-4)26(17-20)35(31,32)29(23-11-8-12-24(18-23)33-3)19-27(30)28-21(2)14-15-22-9-6-5-7-10-22/h5-13,16-18,21H,14-15,19H2,1-4H3,(H,28,30)/t21-/m1/s1. The van der Waals surface area contributed by atoms with Crippen molar-refractivity contribution in [1.29, 1.82) is 0 Å². The highest BCUT2D eigenvalue weighted by Crippen LogP contribution is 2.32. The molecule has 7 nitrogen and oxygen atoms in total. The van der Waals surface area contributed by atoms with Crippen LogP contribution in [0.4, 0.5) is 5.69 Å². The summed E-state index contributed by atoms with van der Waals surface area (Å²) in [7, 11) is -1.22. The van der Waals surface area contributed by atoms with E-state index < -0.39 is 15.9 Å². The first-order chi connectivity index (χ1) is 16.7. The van der Waals surface area contributed by atoms with Gasteiger partial charge in [-0.15, -0.1) is 0 Å². The maximum Gasteiger partial charge on any atom is 0.268 e. The van der Waals surface area contributed by atoms with Crippen molar-refractivity contribution in [1.82, 2.24) is 5.32 Å². The van der Waals surface area contributed by atoms with Gasteiger partial charge in [0.05, 0.1) is 19.9 Å². The molecule has 1 N–H and O–H groups in total. The van der Waals surface area contributed by atoms with Gasteiger partial charge in [0.25, 0.3) is 10.0 Å². The first kappa shape index (κ1) is 26.1. The lowest BCUT2D eigenvalue weighted by Crippen LogP contribution is -2.43. The Hall–Kier alpha value is -3.52. The Morgan fingerprint density at radius 3 is 2.40 bits per heavy atom. The molecule has 35 heavy (non-hydrogen) atoms. The van der Waals surface area contributed by atoms with Gasteiger partial charge in [0.15, 0.2) is 0 Å². The van der Waals surface area contributed by atoms with E-state index >= 15 is 0 Å². The van der Waals surface area contributed by atoms with E-state index in [9.17, 15) is 13.2 Å². The molecule has 0 heterocycles. The Kier molecular flexibility index (Phi) is 8.76. The number of nitrogens with zero attached hydrogens (tertiary/aromatic N) is 1. The van der Waals surface area contributed by atoms with Crippen molar-refractivity contribution in [2.75, 3.05) is 25.1 Å². The van der Waals surface area contributed by atoms with Crippen molar-refractivity contribution in [2.45, 2.75) is 37.6 Å². The van der Waals surface area contributed by atoms with Crippen LogP contribution >= 0.6 is 0 Å². The highest BCUT2D eigenvalue weighted by molar-refractivity contribution is 7.93. The molecule has 0 saturated carbocycles. The van der Waals surface area contributed by atoms with Gasteiger partial charge in [-0.25, -0.2) is 8.42 Å². The van der Waals surface area contributed by atoms with E-state index in [-0.39, 0.29) is 23.2 Å². The number of amides is 1. The molecule has 3 aromatic rings. The molecule has 0 aromatic heterocycles. The lowest BCUT2D eigenvalue weighted by molar-refractivity contribution is -0.120. The molecule has 3 rings (SSSR count). The molecular weight excluding hydrogens is 464 g/mol. The Morgan fingerprint density at radius 1 is 0.971 bits per heavy atom. The van der Waals surface area contributed by atoms with Gasteiger partial charge in [0.2, 0.25) is 5.91 Å². The average Bonchev–Trinajstić information content (AvgIpc) is 2.86. The fourth-order valence-electron chi connectivity index (χ4n) is 3.74. The predicted molar refractivity (Wildman–Crippen MR) is 138 cm³/mol. The van der Waals surface area contributed by atoms with E-state index in [1.807, 2.05) is 37.3 Å². The summed E-state index contributed by atoms with van der Waals surface area (Å²) in [4.78, 5) is 13.0. The van der Waals surface area contributed by atoms with Gasteiger partial charge in [0, 0.05) is 12.1 Å². The van der Waals surface area contributed by atoms with Crippen molar-refractivity contribution < 1.29 is 22.7 Å². The van der Waals surface area contributed by atoms with Gasteiger partial charge < -0.3 is 14.8 Å². The van der Waals surface area contributed by atoms with E-state index in [1.54, 1.807) is 49.4 Å². The molecule has 0 bridgehead atoms. The summed E-state index contributed by atoms with van der Waals surface area (Å²) >= 11 is 0. The second-order valence-corrected chi connectivity index (χ2v) is 10.2. The van der Waals surface area contributed by atoms with Gasteiger partial charge in [-0.1, -0.05) is 42.5 Å². The second kappa shape index (κ2) is 11.8. The molecule has 0 spiro atoms. The third kappa shape index (κ3) is 6.76. The zero-order chi connectivity index (χ0) is 25.4. The van der Waals surface area contributed by atoms with E-state index in [4.69, 9.17) is 9.47 Å². The molecule has 8 heteroatoms. The van der Waals surface area contributed by atoms with Crippen molar-refractivity contribution in [3.8, 4) is 11.5 Å². The van der Waals surface area contributed by atoms with Crippen LogP contribution in [-0.2, 0) is 21.2 Å². The number of ether oxygens (including phenoxy) is 2. The van der Waals surface area contributed by atoms with Crippen molar-refractivity contribution >= 4 is 21.6 Å². The monoisotopic (exact) mass is 496 g/mol. The fourth-order valence-corrected chi connectivity index (χ4v) is 5.39. The van der Waals surface area contributed by atoms with E-state index in [2.05, 4.69) is 5.32 Å². The summed E-state index contributed by atoms with van der Waals surface area (Å²) in [5.74, 6) is 0.291. The Bertz CT molecular complexity index is 1250. The summed E-state index contributed by atoms with van der Waals surface area (Å²) in [6, 6.07) is 21.4. The van der Waals surface area contributed by atoms with Crippen LogP contribution < -0.4 is 19.1 Å². The molecule has 0 fully saturated rings. The van der Waals surface area contributed by atoms with Crippen molar-refractivity contribution in [3.63, 3.8) is 0 Å². The summed E-state index contributed by atoms with van der Waals surface area (Å²) < 4.78 is 39.3. The molecule has 0 aliphatic carbocycles. The third-order valence-electron chi connectivity index (χ3n) is 5.63. The molecule has 0 radical (unpaired) electrons. The molecule has 0 saturated heterocycles. The number of aryl methyl sites for hydroxylation is 2. The number of rotatable bonds is 11. The average molecular weight is 497 g/mol. The van der Waals surface area contributed by atoms with Crippen LogP contribution in [0.25, 0.3) is 0 Å². The van der Waals surface area contributed by atoms with Crippen molar-refractivity contribution in [2.24, 2.45) is 0 Å². The lowest BCUT2D eigenvalue weighted by Gasteiger charge is -2.26. The summed E-state index contributed by atoms with van der Waals surface area (Å²) in [6.45, 7) is 3.33. The van der Waals surface area contributed by atoms with Gasteiger partial charge >= 0.3 is 0 Å². The Morgan fingerprint density at radius 2 is 1.71 bits per heavy atom. The number of anilines is 1. The van der Waals surface area contributed by atoms with E-state index in [0.29, 0.717) is 11.4 Å². The number of carbonyl (C=O) groups is 1. The minimum Gasteiger partial charge on any atom is -0.497 e. The highest BCUT2D eigenvalue weighted by Gasteiger charge is 2.30. The smallest absolute Gasteiger partial charge is 0.268 e. The highest BCUT2D eigenvalue weighted by atomic mass is 32.2. The SMILES string of the molecule is COc1cccc(N(CC(=O)N[C@H](C)CCc2ccccc2)S(=O)(=O)c2cc(C)ccc2OC)c1. The maximum atomic E-state index is 13.8. The number of methoxy groups -OCH3 is 2. The number of nitrogens with one attached hydrogen (secondary N) is 1. The Labute approximate surface area is 207 Å². The molecule has 0 aliphatic heterocycles. The van der Waals surface area contributed by atoms with Crippen LogP contribution in [0.5, 0.6) is 11.5 Å². The van der Waals surface area contributed by atoms with Gasteiger partial charge in [-0.2, -0.15) is 0 Å². The zero-order valence-corrected chi connectivity index (χ0v) is 21.3. The molecule has 0 aliphatic rings. The zero-order valence-electron chi connectivity index (χ0n) is 20.5. The molecule has 3 aromatic carbocycles. The topological polar surface area (TPSA) is 84.9 Å². The van der Waals surface area contributed by atoms with Gasteiger partial charge in [0.1, 0.15) is 22.9 Å². The molecule has 1 amide bonds. The quantitative estimate of drug-likeness (QED) is 0.427. The number of carbonyl (C=O) groups excluding carboxylic acids is 1.